The molecule has 0 unspecified atom stereocenters. The molecule has 6 rings (SSSR count). The van der Waals surface area contributed by atoms with Gasteiger partial charge in [0, 0.05) is 0 Å². The first-order valence-electron chi connectivity index (χ1n) is 26.3. The van der Waals surface area contributed by atoms with Crippen molar-refractivity contribution in [2.75, 3.05) is 0 Å². The van der Waals surface area contributed by atoms with Gasteiger partial charge in [0.2, 0.25) is 30.1 Å². The Labute approximate surface area is 459 Å². The van der Waals surface area contributed by atoms with E-state index >= 15 is 29.8 Å². The van der Waals surface area contributed by atoms with Crippen molar-refractivity contribution in [3.05, 3.63) is 194 Å². The van der Waals surface area contributed by atoms with Crippen molar-refractivity contribution in [3.63, 3.8) is 0 Å². The molecule has 0 spiro atoms. The third kappa shape index (κ3) is 14.3. The standard InChI is InChI=1S/C60H78N3O10PS3/c1-37(2)52-43(13)31-34-49(55(52)40(7)8)75(65,66)61-58(46-25-19-16-20-26-46)71-74(64,72-59(47-27-21-17-22-28-47)62-76(67,68)50-35-32-44(14)53(38(3)4)56(50)41(9)10)73-60(48-29-23-18-24-30-48)63-77(69,70)51-36-33-45(15)54(39(5)6)57(51)42(11)12/h16-42,58-63H,1-15H3/t58-,59-,60-/m0/s1. The Kier molecular flexibility index (Phi) is 20.0. The highest BCUT2D eigenvalue weighted by Gasteiger charge is 2.43. The van der Waals surface area contributed by atoms with E-state index in [0.717, 1.165) is 33.4 Å². The number of benzene rings is 6. The van der Waals surface area contributed by atoms with Gasteiger partial charge in [0.1, 0.15) is 0 Å². The number of phosphoric acid groups is 1. The van der Waals surface area contributed by atoms with E-state index in [2.05, 4.69) is 14.2 Å². The maximum atomic E-state index is 16.6. The van der Waals surface area contributed by atoms with Gasteiger partial charge in [0.15, 0.2) is 18.7 Å². The summed E-state index contributed by atoms with van der Waals surface area (Å²) in [5.41, 5.74) is 7.53. The van der Waals surface area contributed by atoms with Crippen LogP contribution in [0.15, 0.2) is 142 Å². The van der Waals surface area contributed by atoms with Crippen LogP contribution in [0.5, 0.6) is 0 Å². The van der Waals surface area contributed by atoms with Gasteiger partial charge >= 0.3 is 7.82 Å². The fraction of sp³-hybridized carbons (Fsp3) is 0.400. The Balaban J connectivity index is 1.61. The predicted molar refractivity (Wildman–Crippen MR) is 307 cm³/mol. The average molecular weight is 1130 g/mol. The molecule has 3 N–H and O–H groups in total. The van der Waals surface area contributed by atoms with Crippen LogP contribution in [0, 0.1) is 20.8 Å². The van der Waals surface area contributed by atoms with Gasteiger partial charge in [-0.2, -0.15) is 14.2 Å². The summed E-state index contributed by atoms with van der Waals surface area (Å²) < 4.78 is 135. The summed E-state index contributed by atoms with van der Waals surface area (Å²) in [6.07, 6.45) is -5.60. The molecule has 0 saturated carbocycles. The molecule has 0 fully saturated rings. The third-order valence-electron chi connectivity index (χ3n) is 13.5. The lowest BCUT2D eigenvalue weighted by molar-refractivity contribution is 0.0214. The van der Waals surface area contributed by atoms with Gasteiger partial charge in [0.25, 0.3) is 0 Å². The van der Waals surface area contributed by atoms with Crippen molar-refractivity contribution in [1.29, 1.82) is 0 Å². The van der Waals surface area contributed by atoms with Crippen molar-refractivity contribution in [3.8, 4) is 0 Å². The molecule has 0 amide bonds. The van der Waals surface area contributed by atoms with Gasteiger partial charge in [0.05, 0.1) is 14.7 Å². The Morgan fingerprint density at radius 3 is 0.727 bits per heavy atom. The fourth-order valence-corrected chi connectivity index (χ4v) is 16.5. The number of hydrogen-bond donors (Lipinski definition) is 3. The molecule has 13 nitrogen and oxygen atoms in total. The summed E-state index contributed by atoms with van der Waals surface area (Å²) in [6, 6.07) is 34.0. The molecule has 0 aromatic heterocycles. The minimum absolute atomic E-state index is 0.0347. The van der Waals surface area contributed by atoms with Crippen LogP contribution in [0.3, 0.4) is 0 Å². The van der Waals surface area contributed by atoms with E-state index in [1.165, 1.54) is 18.2 Å². The molecule has 6 aromatic rings. The van der Waals surface area contributed by atoms with E-state index in [4.69, 9.17) is 13.6 Å². The van der Waals surface area contributed by atoms with Crippen LogP contribution < -0.4 is 14.2 Å². The minimum Gasteiger partial charge on any atom is -0.262 e. The normalized spacial score (nSPS) is 14.1. The number of hydrogen-bond acceptors (Lipinski definition) is 10. The zero-order valence-electron chi connectivity index (χ0n) is 47.1. The lowest BCUT2D eigenvalue weighted by atomic mass is 9.87. The molecule has 6 aromatic carbocycles. The monoisotopic (exact) mass is 1130 g/mol. The first kappa shape index (κ1) is 61.4. The van der Waals surface area contributed by atoms with E-state index < -0.39 is 56.6 Å². The van der Waals surface area contributed by atoms with E-state index in [0.29, 0.717) is 16.7 Å². The van der Waals surface area contributed by atoms with E-state index in [1.807, 2.05) is 104 Å². The van der Waals surface area contributed by atoms with Crippen LogP contribution >= 0.6 is 7.82 Å². The fourth-order valence-electron chi connectivity index (χ4n) is 10.4. The lowest BCUT2D eigenvalue weighted by Gasteiger charge is -2.32. The number of rotatable bonds is 24. The van der Waals surface area contributed by atoms with Crippen molar-refractivity contribution >= 4 is 37.9 Å². The number of sulfonamides is 3. The summed E-state index contributed by atoms with van der Waals surface area (Å²) in [4.78, 5) is -0.104. The Hall–Kier alpha value is -4.84. The molecule has 0 radical (unpaired) electrons. The highest BCUT2D eigenvalue weighted by Crippen LogP contribution is 2.59. The van der Waals surface area contributed by atoms with Crippen LogP contribution in [0.1, 0.15) is 204 Å². The smallest absolute Gasteiger partial charge is 0.262 e. The van der Waals surface area contributed by atoms with Crippen LogP contribution in [-0.2, 0) is 48.2 Å². The zero-order chi connectivity index (χ0) is 56.9. The van der Waals surface area contributed by atoms with Crippen LogP contribution in [0.2, 0.25) is 0 Å². The SMILES string of the molecule is Cc1ccc(S(=O)(=O)N[C@@H](OP(=O)(O[C@H](NS(=O)(=O)c2ccc(C)c(C(C)C)c2C(C)C)c2ccccc2)O[C@H](NS(=O)(=O)c2ccc(C)c(C(C)C)c2C(C)C)c2ccccc2)c2ccccc2)c(C(C)C)c1C(C)C. The Morgan fingerprint density at radius 1 is 0.325 bits per heavy atom. The average Bonchev–Trinajstić information content (AvgIpc) is 3.35. The highest BCUT2D eigenvalue weighted by atomic mass is 32.2. The van der Waals surface area contributed by atoms with E-state index in [1.54, 1.807) is 109 Å². The first-order chi connectivity index (χ1) is 36.0. The summed E-state index contributed by atoms with van der Waals surface area (Å²) in [5, 5.41) is 0. The number of aryl methyl sites for hydroxylation is 3. The molecule has 0 heterocycles. The Bertz CT molecular complexity index is 3050. The first-order valence-corrected chi connectivity index (χ1v) is 32.2. The quantitative estimate of drug-likeness (QED) is 0.0389. The molecule has 0 aliphatic heterocycles. The largest absolute Gasteiger partial charge is 0.480 e. The number of phosphoric ester groups is 1. The van der Waals surface area contributed by atoms with Gasteiger partial charge in [-0.25, -0.2) is 29.8 Å². The molecule has 77 heavy (non-hydrogen) atoms. The second-order valence-electron chi connectivity index (χ2n) is 21.6. The minimum atomic E-state index is -5.59. The van der Waals surface area contributed by atoms with Crippen LogP contribution in [-0.4, -0.2) is 25.3 Å². The zero-order valence-corrected chi connectivity index (χ0v) is 50.4. The topological polar surface area (TPSA) is 183 Å². The van der Waals surface area contributed by atoms with Gasteiger partial charge in [-0.15, -0.1) is 0 Å². The molecule has 0 bridgehead atoms. The maximum absolute atomic E-state index is 16.6. The molecule has 17 heteroatoms. The number of nitrogens with one attached hydrogen (secondary N) is 3. The molecule has 0 aliphatic carbocycles. The summed E-state index contributed by atoms with van der Waals surface area (Å²) in [7, 11) is -19.4. The van der Waals surface area contributed by atoms with Crippen molar-refractivity contribution in [2.45, 2.75) is 173 Å². The van der Waals surface area contributed by atoms with Crippen molar-refractivity contribution in [2.24, 2.45) is 0 Å². The van der Waals surface area contributed by atoms with Crippen molar-refractivity contribution in [1.82, 2.24) is 14.2 Å². The molecule has 0 saturated heterocycles. The highest BCUT2D eigenvalue weighted by molar-refractivity contribution is 7.90. The van der Waals surface area contributed by atoms with E-state index in [9.17, 15) is 0 Å². The van der Waals surface area contributed by atoms with E-state index in [-0.39, 0.29) is 66.9 Å². The molecular weight excluding hydrogens is 1050 g/mol. The third-order valence-corrected chi connectivity index (χ3v) is 19.3. The molecule has 3 atom stereocenters. The second kappa shape index (κ2) is 25.1. The summed E-state index contributed by atoms with van der Waals surface area (Å²) in [6.45, 7) is 29.2. The van der Waals surface area contributed by atoms with Gasteiger partial charge < -0.3 is 0 Å². The molecule has 0 aliphatic rings. The summed E-state index contributed by atoms with van der Waals surface area (Å²) in [5.74, 6) is -0.917. The maximum Gasteiger partial charge on any atom is 0.480 e. The van der Waals surface area contributed by atoms with Crippen molar-refractivity contribution < 1.29 is 43.4 Å². The van der Waals surface area contributed by atoms with Gasteiger partial charge in [-0.1, -0.05) is 192 Å². The van der Waals surface area contributed by atoms with Gasteiger partial charge in [-0.3, -0.25) is 13.6 Å². The lowest BCUT2D eigenvalue weighted by Crippen LogP contribution is -2.35. The predicted octanol–water partition coefficient (Wildman–Crippen LogP) is 14.8. The van der Waals surface area contributed by atoms with Crippen LogP contribution in [0.4, 0.5) is 0 Å². The van der Waals surface area contributed by atoms with Gasteiger partial charge in [-0.05, 0) is 141 Å². The van der Waals surface area contributed by atoms with Crippen LogP contribution in [0.25, 0.3) is 0 Å². The molecule has 416 valence electrons. The Morgan fingerprint density at radius 2 is 0.532 bits per heavy atom. The second-order valence-corrected chi connectivity index (χ2v) is 28.1. The molecular formula is C60H78N3O10PS3. The summed E-state index contributed by atoms with van der Waals surface area (Å²) >= 11 is 0.